The number of sulfonamides is 1. The molecule has 0 heterocycles. The van der Waals surface area contributed by atoms with E-state index >= 15 is 0 Å². The number of carbonyl (C=O) groups excluding carboxylic acids is 1. The Morgan fingerprint density at radius 3 is 2.21 bits per heavy atom. The van der Waals surface area contributed by atoms with E-state index in [-0.39, 0.29) is 43.9 Å². The van der Waals surface area contributed by atoms with Crippen LogP contribution >= 0.6 is 31.9 Å². The van der Waals surface area contributed by atoms with E-state index in [1.165, 1.54) is 25.1 Å². The summed E-state index contributed by atoms with van der Waals surface area (Å²) in [4.78, 5) is 22.6. The van der Waals surface area contributed by atoms with Crippen LogP contribution in [0.15, 0.2) is 39.3 Å². The summed E-state index contributed by atoms with van der Waals surface area (Å²) in [5.74, 6) is -2.03. The average molecular weight is 618 g/mol. The second kappa shape index (κ2) is 10.7. The summed E-state index contributed by atoms with van der Waals surface area (Å²) in [6.07, 6.45) is -4.71. The van der Waals surface area contributed by atoms with Crippen molar-refractivity contribution in [1.29, 1.82) is 0 Å². The zero-order chi connectivity index (χ0) is 25.0. The predicted molar refractivity (Wildman–Crippen MR) is 121 cm³/mol. The van der Waals surface area contributed by atoms with E-state index in [0.717, 1.165) is 6.07 Å². The molecule has 0 radical (unpaired) electrons. The van der Waals surface area contributed by atoms with Crippen molar-refractivity contribution in [2.24, 2.45) is 0 Å². The minimum atomic E-state index is -4.71. The van der Waals surface area contributed by atoms with Gasteiger partial charge in [0.1, 0.15) is 18.9 Å². The molecule has 14 heteroatoms. The smallest absolute Gasteiger partial charge is 0.416 e. The molecule has 0 fully saturated rings. The molecule has 0 unspecified atom stereocenters. The fourth-order valence-electron chi connectivity index (χ4n) is 2.49. The van der Waals surface area contributed by atoms with Crippen molar-refractivity contribution in [3.63, 3.8) is 0 Å². The third kappa shape index (κ3) is 7.89. The molecule has 0 spiro atoms. The van der Waals surface area contributed by atoms with Gasteiger partial charge < -0.3 is 15.2 Å². The lowest BCUT2D eigenvalue weighted by Crippen LogP contribution is -2.29. The molecule has 0 atom stereocenters. The fraction of sp³-hybridized carbons (Fsp3) is 0.263. The third-order valence-corrected chi connectivity index (χ3v) is 6.50. The van der Waals surface area contributed by atoms with Crippen molar-refractivity contribution in [2.45, 2.75) is 19.7 Å². The number of hydrogen-bond acceptors (Lipinski definition) is 5. The van der Waals surface area contributed by atoms with Gasteiger partial charge in [-0.2, -0.15) is 13.2 Å². The summed E-state index contributed by atoms with van der Waals surface area (Å²) in [6.45, 7) is 0.416. The number of rotatable bonds is 9. The second-order valence-corrected chi connectivity index (χ2v) is 10.3. The first-order valence-electron chi connectivity index (χ1n) is 9.05. The van der Waals surface area contributed by atoms with Gasteiger partial charge in [-0.25, -0.2) is 8.42 Å². The molecule has 2 aromatic rings. The quantitative estimate of drug-likeness (QED) is 0.384. The van der Waals surface area contributed by atoms with Crippen molar-refractivity contribution in [3.8, 4) is 5.75 Å². The van der Waals surface area contributed by atoms with Crippen molar-refractivity contribution < 1.29 is 41.0 Å². The Hall–Kier alpha value is -2.32. The molecule has 0 aliphatic carbocycles. The number of carbonyl (C=O) groups is 2. The number of nitrogens with one attached hydrogen (secondary N) is 2. The van der Waals surface area contributed by atoms with Crippen LogP contribution in [-0.2, 0) is 27.6 Å². The standard InChI is InChI=1S/C19H17Br2F3N2O6S/c1-2-33(30,31)26-13-4-10(3-12(7-13)19(22,23)24)9-32-17-14(20)5-11(6-15(17)21)18(29)25-8-16(27)28/h3-7,26H,2,8-9H2,1H3,(H,25,29)(H,27,28). The molecule has 0 aliphatic heterocycles. The van der Waals surface area contributed by atoms with Crippen LogP contribution in [0.4, 0.5) is 18.9 Å². The molecule has 2 rings (SSSR count). The number of benzene rings is 2. The zero-order valence-electron chi connectivity index (χ0n) is 16.8. The van der Waals surface area contributed by atoms with Gasteiger partial charge in [-0.15, -0.1) is 0 Å². The SMILES string of the molecule is CCS(=O)(=O)Nc1cc(COc2c(Br)cc(C(=O)NCC(=O)O)cc2Br)cc(C(F)(F)F)c1. The van der Waals surface area contributed by atoms with Gasteiger partial charge in [0.15, 0.2) is 0 Å². The summed E-state index contributed by atoms with van der Waals surface area (Å²) in [6, 6.07) is 5.44. The van der Waals surface area contributed by atoms with Crippen molar-refractivity contribution >= 4 is 59.4 Å². The average Bonchev–Trinajstić information content (AvgIpc) is 2.70. The molecule has 0 aliphatic rings. The fourth-order valence-corrected chi connectivity index (χ4v) is 4.53. The van der Waals surface area contributed by atoms with Gasteiger partial charge in [-0.1, -0.05) is 0 Å². The maximum Gasteiger partial charge on any atom is 0.416 e. The lowest BCUT2D eigenvalue weighted by Gasteiger charge is -2.15. The van der Waals surface area contributed by atoms with Crippen molar-refractivity contribution in [2.75, 3.05) is 17.0 Å². The predicted octanol–water partition coefficient (Wildman–Crippen LogP) is 4.39. The monoisotopic (exact) mass is 616 g/mol. The van der Waals surface area contributed by atoms with Gasteiger partial charge in [-0.05, 0) is 74.7 Å². The van der Waals surface area contributed by atoms with E-state index in [1.807, 2.05) is 0 Å². The highest BCUT2D eigenvalue weighted by Crippen LogP contribution is 2.36. The van der Waals surface area contributed by atoms with Gasteiger partial charge in [0.2, 0.25) is 10.0 Å². The Kier molecular flexibility index (Phi) is 8.76. The molecule has 1 amide bonds. The number of hydrogen-bond donors (Lipinski definition) is 3. The van der Waals surface area contributed by atoms with E-state index in [2.05, 4.69) is 41.9 Å². The number of aliphatic carboxylic acids is 1. The van der Waals surface area contributed by atoms with Crippen molar-refractivity contribution in [1.82, 2.24) is 5.32 Å². The highest BCUT2D eigenvalue weighted by atomic mass is 79.9. The largest absolute Gasteiger partial charge is 0.487 e. The van der Waals surface area contributed by atoms with E-state index in [0.29, 0.717) is 6.07 Å². The second-order valence-electron chi connectivity index (χ2n) is 6.56. The van der Waals surface area contributed by atoms with Crippen LogP contribution < -0.4 is 14.8 Å². The number of carboxylic acid groups (broad SMARTS) is 1. The van der Waals surface area contributed by atoms with E-state index < -0.39 is 40.2 Å². The van der Waals surface area contributed by atoms with Crippen LogP contribution in [0.3, 0.4) is 0 Å². The van der Waals surface area contributed by atoms with Crippen LogP contribution in [-0.4, -0.2) is 37.7 Å². The van der Waals surface area contributed by atoms with Crippen LogP contribution in [0.5, 0.6) is 5.75 Å². The number of carboxylic acids is 1. The molecule has 2 aromatic carbocycles. The summed E-state index contributed by atoms with van der Waals surface area (Å²) >= 11 is 6.41. The van der Waals surface area contributed by atoms with Gasteiger partial charge in [-0.3, -0.25) is 14.3 Å². The number of halogens is 5. The molecule has 3 N–H and O–H groups in total. The summed E-state index contributed by atoms with van der Waals surface area (Å²) < 4.78 is 71.6. The van der Waals surface area contributed by atoms with E-state index in [9.17, 15) is 31.2 Å². The minimum Gasteiger partial charge on any atom is -0.487 e. The number of alkyl halides is 3. The molecular weight excluding hydrogens is 601 g/mol. The Labute approximate surface area is 203 Å². The first kappa shape index (κ1) is 26.9. The normalized spacial score (nSPS) is 11.7. The third-order valence-electron chi connectivity index (χ3n) is 4.02. The lowest BCUT2D eigenvalue weighted by molar-refractivity contribution is -0.138. The van der Waals surface area contributed by atoms with Crippen molar-refractivity contribution in [3.05, 3.63) is 56.0 Å². The molecule has 0 saturated carbocycles. The molecule has 0 bridgehead atoms. The molecule has 0 aromatic heterocycles. The topological polar surface area (TPSA) is 122 Å². The Morgan fingerprint density at radius 1 is 1.09 bits per heavy atom. The summed E-state index contributed by atoms with van der Waals surface area (Å²) in [7, 11) is -3.80. The molecular formula is C19H17Br2F3N2O6S. The molecule has 8 nitrogen and oxygen atoms in total. The number of ether oxygens (including phenoxy) is 1. The summed E-state index contributed by atoms with van der Waals surface area (Å²) in [5, 5.41) is 10.8. The maximum atomic E-state index is 13.3. The molecule has 33 heavy (non-hydrogen) atoms. The minimum absolute atomic E-state index is 0.0423. The summed E-state index contributed by atoms with van der Waals surface area (Å²) in [5.41, 5.74) is -1.16. The zero-order valence-corrected chi connectivity index (χ0v) is 20.8. The molecule has 0 saturated heterocycles. The van der Waals surface area contributed by atoms with Crippen LogP contribution in [0.2, 0.25) is 0 Å². The lowest BCUT2D eigenvalue weighted by atomic mass is 10.1. The van der Waals surface area contributed by atoms with Gasteiger partial charge in [0.05, 0.1) is 20.3 Å². The first-order valence-corrected chi connectivity index (χ1v) is 12.3. The van der Waals surface area contributed by atoms with E-state index in [4.69, 9.17) is 9.84 Å². The van der Waals surface area contributed by atoms with Gasteiger partial charge in [0, 0.05) is 11.3 Å². The van der Waals surface area contributed by atoms with E-state index in [1.54, 1.807) is 0 Å². The van der Waals surface area contributed by atoms with Crippen LogP contribution in [0.1, 0.15) is 28.4 Å². The Bertz CT molecular complexity index is 1150. The number of anilines is 1. The number of amides is 1. The van der Waals surface area contributed by atoms with Gasteiger partial charge in [0.25, 0.3) is 5.91 Å². The maximum absolute atomic E-state index is 13.3. The highest BCUT2D eigenvalue weighted by molar-refractivity contribution is 9.11. The van der Waals surface area contributed by atoms with Crippen LogP contribution in [0, 0.1) is 0 Å². The van der Waals surface area contributed by atoms with Gasteiger partial charge >= 0.3 is 12.1 Å². The Morgan fingerprint density at radius 2 is 1.70 bits per heavy atom. The molecule has 180 valence electrons. The Balaban J connectivity index is 2.29. The van der Waals surface area contributed by atoms with Crippen LogP contribution in [0.25, 0.3) is 0 Å². The first-order chi connectivity index (χ1) is 15.2. The highest BCUT2D eigenvalue weighted by Gasteiger charge is 2.31.